The number of alkyl halides is 9. The van der Waals surface area contributed by atoms with Gasteiger partial charge in [-0.3, -0.25) is 0 Å². The average Bonchev–Trinajstić information content (AvgIpc) is 2.65. The predicted octanol–water partition coefficient (Wildman–Crippen LogP) is -3.14. The first-order chi connectivity index (χ1) is 15.5. The third-order valence-corrected chi connectivity index (χ3v) is 3.05. The van der Waals surface area contributed by atoms with Crippen molar-refractivity contribution in [2.75, 3.05) is 39.3 Å². The zero-order valence-corrected chi connectivity index (χ0v) is 21.3. The Bertz CT molecular complexity index is 708. The van der Waals surface area contributed by atoms with Crippen molar-refractivity contribution >= 4 is 30.4 Å². The minimum Gasteiger partial charge on any atom is -0.741 e. The Kier molecular flexibility index (Phi) is 34.8. The molecule has 0 bridgehead atoms. The van der Waals surface area contributed by atoms with Crippen LogP contribution in [0, 0.1) is 0 Å². The number of nitrogens with two attached hydrogens (primary N) is 6. The summed E-state index contributed by atoms with van der Waals surface area (Å²) >= 11 is 0. The molecule has 0 radical (unpaired) electrons. The average molecular weight is 686 g/mol. The monoisotopic (exact) mass is 686 g/mol. The maximum atomic E-state index is 10.7. The van der Waals surface area contributed by atoms with Crippen LogP contribution in [0.1, 0.15) is 0 Å². The Morgan fingerprint density at radius 3 is 0.459 bits per heavy atom. The fourth-order valence-electron chi connectivity index (χ4n) is 0. The first kappa shape index (κ1) is 52.7. The Morgan fingerprint density at radius 1 is 0.405 bits per heavy atom. The van der Waals surface area contributed by atoms with E-state index >= 15 is 0 Å². The van der Waals surface area contributed by atoms with E-state index in [1.165, 1.54) is 0 Å². The van der Waals surface area contributed by atoms with Gasteiger partial charge in [0.2, 0.25) is 0 Å². The summed E-state index contributed by atoms with van der Waals surface area (Å²) in [7, 11) is -18.3. The summed E-state index contributed by atoms with van der Waals surface area (Å²) in [5.41, 5.74) is 12.5. The summed E-state index contributed by atoms with van der Waals surface area (Å²) in [6, 6.07) is 0. The normalized spacial score (nSPS) is 11.5. The fraction of sp³-hybridized carbons (Fsp3) is 1.00. The molecule has 0 unspecified atom stereocenters. The van der Waals surface area contributed by atoms with Gasteiger partial charge in [0, 0.05) is 39.3 Å². The van der Waals surface area contributed by atoms with Crippen molar-refractivity contribution in [2.24, 2.45) is 34.4 Å². The molecule has 0 amide bonds. The maximum Gasteiger partial charge on any atom is 3.00 e. The second kappa shape index (κ2) is 24.4. The topological polar surface area (TPSA) is 328 Å². The quantitative estimate of drug-likeness (QED) is 0.0971. The Morgan fingerprint density at radius 2 is 0.459 bits per heavy atom. The van der Waals surface area contributed by atoms with Crippen LogP contribution < -0.4 is 34.4 Å². The van der Waals surface area contributed by atoms with Crippen LogP contribution >= 0.6 is 0 Å². The minimum atomic E-state index is -6.09. The predicted molar refractivity (Wildman–Crippen MR) is 102 cm³/mol. The van der Waals surface area contributed by atoms with Gasteiger partial charge in [0.1, 0.15) is 0 Å². The van der Waals surface area contributed by atoms with E-state index in [4.69, 9.17) is 73.3 Å². The van der Waals surface area contributed by atoms with Crippen LogP contribution in [-0.2, 0) is 47.1 Å². The van der Waals surface area contributed by atoms with Crippen molar-refractivity contribution in [3.63, 3.8) is 0 Å². The number of rotatable bonds is 3. The summed E-state index contributed by atoms with van der Waals surface area (Å²) in [5, 5.41) is 0. The van der Waals surface area contributed by atoms with Gasteiger partial charge in [-0.05, 0) is 0 Å². The molecule has 0 saturated carbocycles. The van der Waals surface area contributed by atoms with E-state index in [9.17, 15) is 39.5 Å². The number of hydrogen-bond donors (Lipinski definition) is 6. The van der Waals surface area contributed by atoms with Gasteiger partial charge in [0.15, 0.2) is 30.4 Å². The molecule has 0 aromatic heterocycles. The Labute approximate surface area is 215 Å². The first-order valence-electron chi connectivity index (χ1n) is 7.76. The van der Waals surface area contributed by atoms with Crippen LogP contribution in [0.4, 0.5) is 39.5 Å². The van der Waals surface area contributed by atoms with Crippen LogP contribution in [0.5, 0.6) is 0 Å². The molecule has 0 aliphatic carbocycles. The zero-order valence-electron chi connectivity index (χ0n) is 17.8. The van der Waals surface area contributed by atoms with Gasteiger partial charge in [-0.15, -0.1) is 0 Å². The van der Waals surface area contributed by atoms with E-state index < -0.39 is 46.9 Å². The van der Waals surface area contributed by atoms with Crippen LogP contribution in [0.25, 0.3) is 0 Å². The molecule has 234 valence electrons. The second-order valence-electron chi connectivity index (χ2n) is 4.43. The first-order valence-corrected chi connectivity index (χ1v) is 12.0. The van der Waals surface area contributed by atoms with E-state index in [1.54, 1.807) is 0 Å². The van der Waals surface area contributed by atoms with Crippen LogP contribution in [0.15, 0.2) is 0 Å². The number of hydrogen-bond acceptors (Lipinski definition) is 15. The van der Waals surface area contributed by atoms with Crippen LogP contribution in [-0.4, -0.2) is 94.7 Å². The third kappa shape index (κ3) is 45.7. The van der Waals surface area contributed by atoms with Crippen molar-refractivity contribution in [3.05, 3.63) is 0 Å². The van der Waals surface area contributed by atoms with E-state index in [0.29, 0.717) is 39.3 Å². The summed E-state index contributed by atoms with van der Waals surface area (Å²) in [5.74, 6) is 0. The number of halogens is 9. The molecule has 0 aromatic rings. The van der Waals surface area contributed by atoms with Crippen LogP contribution in [0.3, 0.4) is 0 Å². The van der Waals surface area contributed by atoms with Crippen molar-refractivity contribution in [3.8, 4) is 0 Å². The van der Waals surface area contributed by atoms with E-state index in [1.807, 2.05) is 0 Å². The van der Waals surface area contributed by atoms with Gasteiger partial charge in [-0.1, -0.05) is 0 Å². The molecular weight excluding hydrogens is 662 g/mol. The molecule has 0 atom stereocenters. The van der Waals surface area contributed by atoms with Crippen molar-refractivity contribution in [1.82, 2.24) is 0 Å². The molecule has 15 nitrogen and oxygen atoms in total. The minimum absolute atomic E-state index is 0. The van der Waals surface area contributed by atoms with E-state index in [2.05, 4.69) is 0 Å². The smallest absolute Gasteiger partial charge is 0.741 e. The molecule has 0 aliphatic heterocycles. The summed E-state index contributed by atoms with van der Waals surface area (Å²) < 4.78 is 177. The zero-order chi connectivity index (χ0) is 31.2. The van der Waals surface area contributed by atoms with Gasteiger partial charge in [0.25, 0.3) is 0 Å². The second-order valence-corrected chi connectivity index (χ2v) is 8.55. The summed E-state index contributed by atoms with van der Waals surface area (Å²) in [6.45, 7) is 3.58. The molecule has 0 spiro atoms. The molecule has 0 aliphatic rings. The third-order valence-electron chi connectivity index (χ3n) is 1.35. The molecule has 12 N–H and O–H groups in total. The van der Waals surface area contributed by atoms with Gasteiger partial charge < -0.3 is 48.1 Å². The van der Waals surface area contributed by atoms with Gasteiger partial charge in [-0.2, -0.15) is 39.5 Å². The van der Waals surface area contributed by atoms with Crippen molar-refractivity contribution in [1.29, 1.82) is 0 Å². The fourth-order valence-corrected chi connectivity index (χ4v) is 0. The summed E-state index contributed by atoms with van der Waals surface area (Å²) in [4.78, 5) is 0. The van der Waals surface area contributed by atoms with Crippen molar-refractivity contribution < 1.29 is 95.2 Å². The van der Waals surface area contributed by atoms with E-state index in [0.717, 1.165) is 0 Å². The molecular formula is C9H24CoF9N6O9S3. The van der Waals surface area contributed by atoms with Gasteiger partial charge >= 0.3 is 33.3 Å². The van der Waals surface area contributed by atoms with Crippen molar-refractivity contribution in [2.45, 2.75) is 16.5 Å². The summed E-state index contributed by atoms with van der Waals surface area (Å²) in [6.07, 6.45) is 0. The largest absolute Gasteiger partial charge is 3.00 e. The van der Waals surface area contributed by atoms with Gasteiger partial charge in [-0.25, -0.2) is 25.3 Å². The van der Waals surface area contributed by atoms with E-state index in [-0.39, 0.29) is 16.8 Å². The standard InChI is InChI=1S/3C2H8N2.3CHF3O3S.Co/c3*3-1-2-4;3*2-1(3,4)8(5,6)7;/h3*1-4H2;3*(H,5,6,7);/q;;;;;;+3/p-3. The van der Waals surface area contributed by atoms with Gasteiger partial charge in [0.05, 0.1) is 0 Å². The molecule has 0 heterocycles. The van der Waals surface area contributed by atoms with Crippen LogP contribution in [0.2, 0.25) is 0 Å². The molecule has 37 heavy (non-hydrogen) atoms. The Hall–Kier alpha value is -0.634. The SMILES string of the molecule is NCCN.NCCN.NCCN.O=S(=O)([O-])C(F)(F)F.O=S(=O)([O-])C(F)(F)F.O=S(=O)([O-])C(F)(F)F.[Co+3]. The molecule has 28 heteroatoms. The maximum absolute atomic E-state index is 10.7. The molecule has 0 rings (SSSR count). The Balaban J connectivity index is -0.0000000598. The molecule has 0 aromatic carbocycles. The molecule has 0 saturated heterocycles. The molecule has 0 fully saturated rings.